The Kier molecular flexibility index (Phi) is 5.56. The molecule has 0 aliphatic rings. The van der Waals surface area contributed by atoms with Crippen LogP contribution in [0.3, 0.4) is 0 Å². The summed E-state index contributed by atoms with van der Waals surface area (Å²) in [5.74, 6) is 0.435. The van der Waals surface area contributed by atoms with E-state index in [1.807, 2.05) is 0 Å². The molecule has 0 atom stereocenters. The molecule has 0 aliphatic carbocycles. The van der Waals surface area contributed by atoms with Crippen molar-refractivity contribution in [3.63, 3.8) is 0 Å². The number of carbonyl (C=O) groups is 1. The van der Waals surface area contributed by atoms with E-state index in [2.05, 4.69) is 4.89 Å². The Morgan fingerprint density at radius 2 is 2.00 bits per heavy atom. The van der Waals surface area contributed by atoms with Crippen LogP contribution in [0.2, 0.25) is 0 Å². The van der Waals surface area contributed by atoms with E-state index < -0.39 is 0 Å². The first-order valence-corrected chi connectivity index (χ1v) is 3.13. The molecule has 12 heavy (non-hydrogen) atoms. The fraction of sp³-hybridized carbons (Fsp3) is 0.125. The molecule has 1 aromatic carbocycles. The summed E-state index contributed by atoms with van der Waals surface area (Å²) in [5.41, 5.74) is 0.481. The van der Waals surface area contributed by atoms with Gasteiger partial charge in [-0.25, -0.2) is 0 Å². The zero-order valence-electron chi connectivity index (χ0n) is 6.43. The zero-order valence-corrected chi connectivity index (χ0v) is 7.98. The van der Waals surface area contributed by atoms with Gasteiger partial charge in [0.1, 0.15) is 0 Å². The molecule has 0 aromatic heterocycles. The van der Waals surface area contributed by atoms with Crippen molar-refractivity contribution in [3.05, 3.63) is 29.8 Å². The van der Waals surface area contributed by atoms with Crippen molar-refractivity contribution in [2.45, 2.75) is 0 Å². The molecule has 0 N–H and O–H groups in total. The summed E-state index contributed by atoms with van der Waals surface area (Å²) in [7, 11) is 1.39. The number of carbonyl (C=O) groups excluding carboxylic acids is 1. The summed E-state index contributed by atoms with van der Waals surface area (Å²) in [6.45, 7) is 0. The number of aldehydes is 1. The van der Waals surface area contributed by atoms with Crippen molar-refractivity contribution >= 4 is 6.29 Å². The van der Waals surface area contributed by atoms with Gasteiger partial charge in [0.25, 0.3) is 0 Å². The Morgan fingerprint density at radius 1 is 1.33 bits per heavy atom. The van der Waals surface area contributed by atoms with Crippen LogP contribution >= 0.6 is 0 Å². The minimum atomic E-state index is 0. The fourth-order valence-electron chi connectivity index (χ4n) is 0.744. The van der Waals surface area contributed by atoms with E-state index in [1.54, 1.807) is 24.3 Å². The maximum atomic E-state index is 10.4. The number of para-hydroxylation sites is 1. The maximum absolute atomic E-state index is 10.4. The van der Waals surface area contributed by atoms with Crippen LogP contribution in [0, 0.1) is 0 Å². The molecule has 0 spiro atoms. The standard InChI is InChI=1S/C8H8O3.Pd/c1-10-11-8-5-3-2-4-7(8)6-9;/h2-6H,1H3;. The molecule has 0 amide bonds. The largest absolute Gasteiger partial charge is 0.337 e. The van der Waals surface area contributed by atoms with Gasteiger partial charge in [0.05, 0.1) is 12.7 Å². The molecule has 4 heteroatoms. The topological polar surface area (TPSA) is 35.5 Å². The van der Waals surface area contributed by atoms with E-state index in [9.17, 15) is 4.79 Å². The van der Waals surface area contributed by atoms with Crippen LogP contribution in [-0.2, 0) is 25.3 Å². The quantitative estimate of drug-likeness (QED) is 0.356. The van der Waals surface area contributed by atoms with Crippen molar-refractivity contribution in [1.29, 1.82) is 0 Å². The van der Waals surface area contributed by atoms with Gasteiger partial charge in [-0.05, 0) is 12.1 Å². The summed E-state index contributed by atoms with van der Waals surface area (Å²) >= 11 is 0. The second-order valence-corrected chi connectivity index (χ2v) is 1.91. The molecule has 1 aromatic rings. The number of benzene rings is 1. The second-order valence-electron chi connectivity index (χ2n) is 1.91. The Hall–Kier alpha value is -0.688. The van der Waals surface area contributed by atoms with E-state index in [0.717, 1.165) is 0 Å². The van der Waals surface area contributed by atoms with Crippen molar-refractivity contribution in [3.8, 4) is 5.75 Å². The minimum Gasteiger partial charge on any atom is -0.337 e. The van der Waals surface area contributed by atoms with Gasteiger partial charge in [0, 0.05) is 20.4 Å². The van der Waals surface area contributed by atoms with Crippen molar-refractivity contribution < 1.29 is 35.0 Å². The Labute approximate surface area is 84.3 Å². The van der Waals surface area contributed by atoms with E-state index in [1.165, 1.54) is 7.11 Å². The smallest absolute Gasteiger partial charge is 0.175 e. The third-order valence-electron chi connectivity index (χ3n) is 1.22. The molecular weight excluding hydrogens is 251 g/mol. The van der Waals surface area contributed by atoms with Crippen LogP contribution in [0.1, 0.15) is 10.4 Å². The van der Waals surface area contributed by atoms with Gasteiger partial charge in [-0.15, -0.1) is 0 Å². The number of hydrogen-bond acceptors (Lipinski definition) is 3. The molecule has 1 rings (SSSR count). The summed E-state index contributed by atoms with van der Waals surface area (Å²) in [6.07, 6.45) is 0.717. The third-order valence-corrected chi connectivity index (χ3v) is 1.22. The number of rotatable bonds is 3. The van der Waals surface area contributed by atoms with Crippen molar-refractivity contribution in [2.24, 2.45) is 0 Å². The van der Waals surface area contributed by atoms with E-state index in [-0.39, 0.29) is 20.4 Å². The van der Waals surface area contributed by atoms with Crippen LogP contribution in [0.5, 0.6) is 5.75 Å². The predicted molar refractivity (Wildman–Crippen MR) is 39.5 cm³/mol. The van der Waals surface area contributed by atoms with Gasteiger partial charge in [0.15, 0.2) is 12.0 Å². The van der Waals surface area contributed by atoms with Gasteiger partial charge < -0.3 is 4.89 Å². The van der Waals surface area contributed by atoms with Crippen LogP contribution in [0.4, 0.5) is 0 Å². The first-order chi connectivity index (χ1) is 5.38. The first kappa shape index (κ1) is 11.3. The average molecular weight is 259 g/mol. The monoisotopic (exact) mass is 258 g/mol. The third kappa shape index (κ3) is 2.74. The maximum Gasteiger partial charge on any atom is 0.175 e. The molecule has 0 aliphatic heterocycles. The van der Waals surface area contributed by atoms with Gasteiger partial charge in [-0.1, -0.05) is 12.1 Å². The van der Waals surface area contributed by atoms with Crippen LogP contribution in [0.25, 0.3) is 0 Å². The van der Waals surface area contributed by atoms with Crippen LogP contribution < -0.4 is 4.89 Å². The molecule has 3 nitrogen and oxygen atoms in total. The van der Waals surface area contributed by atoms with Crippen LogP contribution in [0.15, 0.2) is 24.3 Å². The molecule has 0 unspecified atom stereocenters. The second kappa shape index (κ2) is 5.90. The van der Waals surface area contributed by atoms with E-state index >= 15 is 0 Å². The van der Waals surface area contributed by atoms with Crippen LogP contribution in [-0.4, -0.2) is 13.4 Å². The molecule has 0 heterocycles. The summed E-state index contributed by atoms with van der Waals surface area (Å²) in [5, 5.41) is 0. The fourth-order valence-corrected chi connectivity index (χ4v) is 0.744. The molecular formula is C8H8O3Pd. The minimum absolute atomic E-state index is 0. The van der Waals surface area contributed by atoms with Gasteiger partial charge >= 0.3 is 0 Å². The molecule has 0 fully saturated rings. The van der Waals surface area contributed by atoms with Crippen molar-refractivity contribution in [1.82, 2.24) is 0 Å². The number of hydrogen-bond donors (Lipinski definition) is 0. The Morgan fingerprint density at radius 3 is 2.58 bits per heavy atom. The van der Waals surface area contributed by atoms with Crippen molar-refractivity contribution in [2.75, 3.05) is 7.11 Å². The summed E-state index contributed by atoms with van der Waals surface area (Å²) in [4.78, 5) is 19.5. The molecule has 0 radical (unpaired) electrons. The summed E-state index contributed by atoms with van der Waals surface area (Å²) in [6, 6.07) is 6.84. The van der Waals surface area contributed by atoms with Gasteiger partial charge in [-0.3, -0.25) is 4.79 Å². The average Bonchev–Trinajstić information content (AvgIpc) is 2.06. The van der Waals surface area contributed by atoms with Gasteiger partial charge in [0.2, 0.25) is 0 Å². The normalized spacial score (nSPS) is 8.42. The zero-order chi connectivity index (χ0) is 8.10. The predicted octanol–water partition coefficient (Wildman–Crippen LogP) is 1.44. The first-order valence-electron chi connectivity index (χ1n) is 3.13. The SMILES string of the molecule is COOc1ccccc1C=O.[Pd]. The Balaban J connectivity index is 0.00000121. The summed E-state index contributed by atoms with van der Waals surface area (Å²) < 4.78 is 0. The molecule has 0 saturated carbocycles. The molecule has 0 saturated heterocycles. The molecule has 0 bridgehead atoms. The van der Waals surface area contributed by atoms with E-state index in [4.69, 9.17) is 4.89 Å². The van der Waals surface area contributed by atoms with E-state index in [0.29, 0.717) is 17.6 Å². The Bertz CT molecular complexity index is 250. The molecule has 68 valence electrons. The van der Waals surface area contributed by atoms with Gasteiger partial charge in [-0.2, -0.15) is 4.89 Å².